The summed E-state index contributed by atoms with van der Waals surface area (Å²) in [7, 11) is 3.24. The number of aromatic nitrogens is 4. The zero-order chi connectivity index (χ0) is 20.1. The van der Waals surface area contributed by atoms with E-state index in [4.69, 9.17) is 15.2 Å². The summed E-state index contributed by atoms with van der Waals surface area (Å²) in [4.78, 5) is 8.56. The van der Waals surface area contributed by atoms with Crippen molar-refractivity contribution in [2.75, 3.05) is 31.9 Å². The summed E-state index contributed by atoms with van der Waals surface area (Å²) in [6, 6.07) is 5.50. The summed E-state index contributed by atoms with van der Waals surface area (Å²) < 4.78 is 12.7. The number of hydrogen-bond donors (Lipinski definition) is 3. The van der Waals surface area contributed by atoms with E-state index < -0.39 is 0 Å². The molecule has 3 rings (SSSR count). The van der Waals surface area contributed by atoms with E-state index in [0.29, 0.717) is 34.9 Å². The van der Waals surface area contributed by atoms with Crippen molar-refractivity contribution < 1.29 is 14.6 Å². The summed E-state index contributed by atoms with van der Waals surface area (Å²) >= 11 is 0. The fraction of sp³-hybridized carbons (Fsp3) is 0.421. The van der Waals surface area contributed by atoms with E-state index in [1.165, 1.54) is 0 Å². The van der Waals surface area contributed by atoms with E-state index in [2.05, 4.69) is 27.3 Å². The lowest BCUT2D eigenvalue weighted by atomic mass is 10.1. The van der Waals surface area contributed by atoms with Gasteiger partial charge >= 0.3 is 0 Å². The molecule has 0 unspecified atom stereocenters. The highest BCUT2D eigenvalue weighted by atomic mass is 16.5. The molecule has 0 aliphatic rings. The minimum absolute atomic E-state index is 0.00162. The van der Waals surface area contributed by atoms with Crippen molar-refractivity contribution in [1.29, 1.82) is 0 Å². The van der Waals surface area contributed by atoms with Crippen LogP contribution in [0.1, 0.15) is 25.3 Å². The monoisotopic (exact) mass is 386 g/mol. The van der Waals surface area contributed by atoms with Gasteiger partial charge in [-0.15, -0.1) is 0 Å². The highest BCUT2D eigenvalue weighted by Gasteiger charge is 2.17. The van der Waals surface area contributed by atoms with Gasteiger partial charge in [-0.05, 0) is 18.6 Å². The molecule has 0 fully saturated rings. The molecule has 0 aliphatic heterocycles. The van der Waals surface area contributed by atoms with Crippen molar-refractivity contribution in [2.45, 2.75) is 32.4 Å². The van der Waals surface area contributed by atoms with Crippen molar-refractivity contribution in [2.24, 2.45) is 0 Å². The van der Waals surface area contributed by atoms with Crippen LogP contribution in [0, 0.1) is 0 Å². The minimum atomic E-state index is -0.123. The molecule has 3 aromatic rings. The molecule has 1 atom stereocenters. The van der Waals surface area contributed by atoms with Gasteiger partial charge in [0, 0.05) is 0 Å². The maximum Gasteiger partial charge on any atom is 0.222 e. The maximum absolute atomic E-state index is 9.58. The quantitative estimate of drug-likeness (QED) is 0.511. The summed E-state index contributed by atoms with van der Waals surface area (Å²) in [5, 5.41) is 17.4. The molecule has 0 saturated heterocycles. The van der Waals surface area contributed by atoms with Crippen LogP contribution in [0.4, 0.5) is 11.8 Å². The number of rotatable bonds is 9. The van der Waals surface area contributed by atoms with Crippen molar-refractivity contribution in [3.8, 4) is 11.5 Å². The Bertz CT molecular complexity index is 921. The molecule has 2 heterocycles. The predicted octanol–water partition coefficient (Wildman–Crippen LogP) is 2.05. The third-order valence-corrected chi connectivity index (χ3v) is 4.48. The molecule has 0 amide bonds. The number of nitrogens with two attached hydrogens (primary N) is 1. The van der Waals surface area contributed by atoms with Crippen molar-refractivity contribution >= 4 is 22.8 Å². The van der Waals surface area contributed by atoms with Crippen LogP contribution in [-0.2, 0) is 6.54 Å². The molecular formula is C19H26N6O3. The number of aliphatic hydroxyl groups is 1. The Morgan fingerprint density at radius 2 is 1.93 bits per heavy atom. The van der Waals surface area contributed by atoms with Gasteiger partial charge in [0.2, 0.25) is 5.95 Å². The fourth-order valence-corrected chi connectivity index (χ4v) is 3.16. The van der Waals surface area contributed by atoms with E-state index in [0.717, 1.165) is 18.4 Å². The summed E-state index contributed by atoms with van der Waals surface area (Å²) in [6.07, 6.45) is 3.54. The Balaban J connectivity index is 1.98. The van der Waals surface area contributed by atoms with Gasteiger partial charge in [0.1, 0.15) is 17.0 Å². The highest BCUT2D eigenvalue weighted by molar-refractivity contribution is 5.86. The smallest absolute Gasteiger partial charge is 0.222 e. The minimum Gasteiger partial charge on any atom is -0.496 e. The van der Waals surface area contributed by atoms with E-state index in [1.807, 2.05) is 18.2 Å². The van der Waals surface area contributed by atoms with Crippen LogP contribution in [0.2, 0.25) is 0 Å². The van der Waals surface area contributed by atoms with Crippen molar-refractivity contribution in [3.63, 3.8) is 0 Å². The first kappa shape index (κ1) is 19.7. The number of fused-ring (bicyclic) bond motifs is 1. The van der Waals surface area contributed by atoms with Gasteiger partial charge in [0.05, 0.1) is 45.2 Å². The number of hydrogen-bond acceptors (Lipinski definition) is 8. The van der Waals surface area contributed by atoms with Crippen LogP contribution in [0.5, 0.6) is 11.5 Å². The third-order valence-electron chi connectivity index (χ3n) is 4.48. The molecule has 0 aliphatic carbocycles. The van der Waals surface area contributed by atoms with Gasteiger partial charge < -0.3 is 25.6 Å². The number of nitrogens with zero attached hydrogens (tertiary/aromatic N) is 4. The molecule has 0 radical (unpaired) electrons. The topological polar surface area (TPSA) is 120 Å². The van der Waals surface area contributed by atoms with Gasteiger partial charge in [-0.25, -0.2) is 4.98 Å². The van der Waals surface area contributed by atoms with Gasteiger partial charge in [0.15, 0.2) is 11.3 Å². The summed E-state index contributed by atoms with van der Waals surface area (Å²) in [6.45, 7) is 2.49. The zero-order valence-corrected chi connectivity index (χ0v) is 16.3. The first-order valence-corrected chi connectivity index (χ1v) is 9.17. The Morgan fingerprint density at radius 3 is 2.54 bits per heavy atom. The summed E-state index contributed by atoms with van der Waals surface area (Å²) in [5.41, 5.74) is 7.95. The lowest BCUT2D eigenvalue weighted by Crippen LogP contribution is -2.24. The SMILES string of the molecule is CCC[C@@H](CO)Nc1nc(N)nc2cn(Cc3c(OC)cccc3OC)nc12. The number of aliphatic hydroxyl groups excluding tert-OH is 1. The molecule has 4 N–H and O–H groups in total. The van der Waals surface area contributed by atoms with Gasteiger partial charge in [-0.3, -0.25) is 4.68 Å². The third kappa shape index (κ3) is 4.09. The number of nitrogens with one attached hydrogen (secondary N) is 1. The number of methoxy groups -OCH3 is 2. The lowest BCUT2D eigenvalue weighted by Gasteiger charge is -2.16. The molecule has 0 spiro atoms. The average Bonchev–Trinajstić information content (AvgIpc) is 3.10. The average molecular weight is 386 g/mol. The molecule has 0 bridgehead atoms. The van der Waals surface area contributed by atoms with Crippen molar-refractivity contribution in [3.05, 3.63) is 30.0 Å². The molecule has 2 aromatic heterocycles. The molecule has 9 heteroatoms. The first-order chi connectivity index (χ1) is 13.6. The Hall–Kier alpha value is -3.07. The molecule has 1 aromatic carbocycles. The van der Waals surface area contributed by atoms with Gasteiger partial charge in [0.25, 0.3) is 0 Å². The first-order valence-electron chi connectivity index (χ1n) is 9.17. The van der Waals surface area contributed by atoms with Crippen LogP contribution in [0.15, 0.2) is 24.4 Å². The predicted molar refractivity (Wildman–Crippen MR) is 108 cm³/mol. The van der Waals surface area contributed by atoms with Gasteiger partial charge in [-0.2, -0.15) is 10.1 Å². The summed E-state index contributed by atoms with van der Waals surface area (Å²) in [5.74, 6) is 2.09. The second-order valence-corrected chi connectivity index (χ2v) is 6.44. The van der Waals surface area contributed by atoms with Crippen LogP contribution in [0.3, 0.4) is 0 Å². The van der Waals surface area contributed by atoms with E-state index in [9.17, 15) is 5.11 Å². The van der Waals surface area contributed by atoms with Gasteiger partial charge in [-0.1, -0.05) is 19.4 Å². The standard InChI is InChI=1S/C19H26N6O3/c1-4-6-12(11-26)21-18-17-14(22-19(20)23-18)10-25(24-17)9-13-15(27-2)7-5-8-16(13)28-3/h5,7-8,10,12,26H,4,6,9,11H2,1-3H3,(H3,20,21,22,23)/t12-/m0/s1. The van der Waals surface area contributed by atoms with E-state index in [1.54, 1.807) is 25.1 Å². The molecule has 0 saturated carbocycles. The van der Waals surface area contributed by atoms with Crippen LogP contribution in [-0.4, -0.2) is 51.7 Å². The Labute approximate surface area is 163 Å². The van der Waals surface area contributed by atoms with Crippen LogP contribution >= 0.6 is 0 Å². The number of nitrogen functional groups attached to an aromatic ring is 1. The molecule has 150 valence electrons. The number of ether oxygens (including phenoxy) is 2. The second-order valence-electron chi connectivity index (χ2n) is 6.44. The molecular weight excluding hydrogens is 360 g/mol. The lowest BCUT2D eigenvalue weighted by molar-refractivity contribution is 0.268. The highest BCUT2D eigenvalue weighted by Crippen LogP contribution is 2.30. The normalized spacial score (nSPS) is 12.1. The fourth-order valence-electron chi connectivity index (χ4n) is 3.16. The maximum atomic E-state index is 9.58. The Kier molecular flexibility index (Phi) is 6.15. The van der Waals surface area contributed by atoms with E-state index in [-0.39, 0.29) is 18.6 Å². The van der Waals surface area contributed by atoms with Crippen LogP contribution in [0.25, 0.3) is 11.0 Å². The second kappa shape index (κ2) is 8.75. The van der Waals surface area contributed by atoms with E-state index >= 15 is 0 Å². The zero-order valence-electron chi connectivity index (χ0n) is 16.3. The molecule has 28 heavy (non-hydrogen) atoms. The molecule has 9 nitrogen and oxygen atoms in total. The largest absolute Gasteiger partial charge is 0.496 e. The number of anilines is 2. The Morgan fingerprint density at radius 1 is 1.21 bits per heavy atom. The van der Waals surface area contributed by atoms with Crippen molar-refractivity contribution in [1.82, 2.24) is 19.7 Å². The van der Waals surface area contributed by atoms with Crippen LogP contribution < -0.4 is 20.5 Å². The number of benzene rings is 1.